The monoisotopic (exact) mass is 292 g/mol. The largest absolute Gasteiger partial charge is 0.386 e. The Labute approximate surface area is 129 Å². The Morgan fingerprint density at radius 3 is 1.82 bits per heavy atom. The number of esters is 2. The van der Waals surface area contributed by atoms with Gasteiger partial charge in [-0.25, -0.2) is 9.59 Å². The molecule has 3 nitrogen and oxygen atoms in total. The molecule has 0 saturated carbocycles. The van der Waals surface area contributed by atoms with E-state index in [0.29, 0.717) is 24.0 Å². The van der Waals surface area contributed by atoms with Crippen molar-refractivity contribution in [1.82, 2.24) is 0 Å². The first-order chi connectivity index (χ1) is 10.7. The highest BCUT2D eigenvalue weighted by Crippen LogP contribution is 2.25. The van der Waals surface area contributed by atoms with Gasteiger partial charge in [0.2, 0.25) is 0 Å². The molecule has 2 aromatic rings. The van der Waals surface area contributed by atoms with Gasteiger partial charge in [-0.3, -0.25) is 0 Å². The number of carbonyl (C=O) groups excluding carboxylic acids is 2. The number of ether oxygens (including phenoxy) is 1. The molecule has 3 heteroatoms. The third-order valence-corrected chi connectivity index (χ3v) is 3.77. The lowest BCUT2D eigenvalue weighted by Gasteiger charge is -2.03. The number of aryl methyl sites for hydroxylation is 1. The first kappa shape index (κ1) is 14.3. The summed E-state index contributed by atoms with van der Waals surface area (Å²) in [5, 5.41) is 0. The molecule has 0 spiro atoms. The van der Waals surface area contributed by atoms with Crippen LogP contribution in [0.2, 0.25) is 0 Å². The lowest BCUT2D eigenvalue weighted by atomic mass is 9.97. The topological polar surface area (TPSA) is 43.4 Å². The zero-order chi connectivity index (χ0) is 15.4. The van der Waals surface area contributed by atoms with Crippen molar-refractivity contribution in [1.29, 1.82) is 0 Å². The standard InChI is InChI=1S/C19H16O3/c20-18-16(12-11-14-7-3-1-4-8-14)17(19(21)22-18)13-15-9-5-2-6-10-15/h1-10H,11-13H2. The molecule has 0 fully saturated rings. The average molecular weight is 292 g/mol. The molecule has 1 aliphatic heterocycles. The number of carbonyl (C=O) groups is 2. The van der Waals surface area contributed by atoms with E-state index >= 15 is 0 Å². The highest BCUT2D eigenvalue weighted by atomic mass is 16.6. The summed E-state index contributed by atoms with van der Waals surface area (Å²) < 4.78 is 4.80. The SMILES string of the molecule is O=C1OC(=O)C(Cc2ccccc2)=C1CCc1ccccc1. The van der Waals surface area contributed by atoms with Crippen molar-refractivity contribution in [2.45, 2.75) is 19.3 Å². The van der Waals surface area contributed by atoms with E-state index in [1.54, 1.807) is 0 Å². The van der Waals surface area contributed by atoms with Gasteiger partial charge in [-0.1, -0.05) is 60.7 Å². The minimum absolute atomic E-state index is 0.440. The second kappa shape index (κ2) is 6.39. The van der Waals surface area contributed by atoms with Crippen LogP contribution in [0.5, 0.6) is 0 Å². The molecule has 2 aromatic carbocycles. The minimum Gasteiger partial charge on any atom is -0.386 e. The van der Waals surface area contributed by atoms with Gasteiger partial charge >= 0.3 is 11.9 Å². The fourth-order valence-electron chi connectivity index (χ4n) is 2.60. The normalized spacial score (nSPS) is 14.4. The van der Waals surface area contributed by atoms with E-state index < -0.39 is 11.9 Å². The number of hydrogen-bond donors (Lipinski definition) is 0. The predicted octanol–water partition coefficient (Wildman–Crippen LogP) is 3.24. The molecule has 0 aliphatic carbocycles. The Balaban J connectivity index is 1.80. The molecule has 0 saturated heterocycles. The summed E-state index contributed by atoms with van der Waals surface area (Å²) in [7, 11) is 0. The van der Waals surface area contributed by atoms with E-state index in [1.165, 1.54) is 0 Å². The first-order valence-corrected chi connectivity index (χ1v) is 7.30. The van der Waals surface area contributed by atoms with Gasteiger partial charge in [0.1, 0.15) is 0 Å². The van der Waals surface area contributed by atoms with Crippen LogP contribution in [0.15, 0.2) is 71.8 Å². The maximum Gasteiger partial charge on any atom is 0.342 e. The molecule has 0 aromatic heterocycles. The molecule has 0 unspecified atom stereocenters. The van der Waals surface area contributed by atoms with Crippen molar-refractivity contribution < 1.29 is 14.3 Å². The van der Waals surface area contributed by atoms with Crippen molar-refractivity contribution in [3.63, 3.8) is 0 Å². The lowest BCUT2D eigenvalue weighted by Crippen LogP contribution is -2.03. The maximum atomic E-state index is 11.9. The van der Waals surface area contributed by atoms with Crippen LogP contribution in [-0.2, 0) is 27.2 Å². The first-order valence-electron chi connectivity index (χ1n) is 7.30. The Kier molecular flexibility index (Phi) is 4.15. The van der Waals surface area contributed by atoms with Gasteiger partial charge < -0.3 is 4.74 Å². The quantitative estimate of drug-likeness (QED) is 0.627. The van der Waals surface area contributed by atoms with E-state index in [1.807, 2.05) is 60.7 Å². The van der Waals surface area contributed by atoms with Gasteiger partial charge in [-0.15, -0.1) is 0 Å². The Hall–Kier alpha value is -2.68. The van der Waals surface area contributed by atoms with E-state index in [0.717, 1.165) is 17.5 Å². The van der Waals surface area contributed by atoms with Crippen LogP contribution in [0, 0.1) is 0 Å². The molecule has 0 atom stereocenters. The lowest BCUT2D eigenvalue weighted by molar-refractivity contribution is -0.151. The van der Waals surface area contributed by atoms with Crippen molar-refractivity contribution in [3.8, 4) is 0 Å². The summed E-state index contributed by atoms with van der Waals surface area (Å²) in [6, 6.07) is 19.6. The fourth-order valence-corrected chi connectivity index (χ4v) is 2.60. The molecule has 0 amide bonds. The molecule has 1 heterocycles. The molecule has 0 bridgehead atoms. The highest BCUT2D eigenvalue weighted by Gasteiger charge is 2.32. The van der Waals surface area contributed by atoms with Gasteiger partial charge in [0.05, 0.1) is 5.57 Å². The molecular weight excluding hydrogens is 276 g/mol. The van der Waals surface area contributed by atoms with E-state index in [4.69, 9.17) is 4.74 Å². The van der Waals surface area contributed by atoms with Gasteiger partial charge in [0, 0.05) is 12.0 Å². The van der Waals surface area contributed by atoms with Gasteiger partial charge in [0.25, 0.3) is 0 Å². The zero-order valence-electron chi connectivity index (χ0n) is 12.1. The van der Waals surface area contributed by atoms with Crippen LogP contribution in [0.4, 0.5) is 0 Å². The number of hydrogen-bond acceptors (Lipinski definition) is 3. The van der Waals surface area contributed by atoms with E-state index in [2.05, 4.69) is 0 Å². The Morgan fingerprint density at radius 2 is 1.18 bits per heavy atom. The highest BCUT2D eigenvalue weighted by molar-refractivity contribution is 6.12. The summed E-state index contributed by atoms with van der Waals surface area (Å²) >= 11 is 0. The maximum absolute atomic E-state index is 11.9. The van der Waals surface area contributed by atoms with Crippen molar-refractivity contribution in [3.05, 3.63) is 82.9 Å². The van der Waals surface area contributed by atoms with Crippen molar-refractivity contribution in [2.75, 3.05) is 0 Å². The predicted molar refractivity (Wildman–Crippen MR) is 83.0 cm³/mol. The number of rotatable bonds is 5. The van der Waals surface area contributed by atoms with Gasteiger partial charge in [-0.2, -0.15) is 0 Å². The molecule has 0 N–H and O–H groups in total. The van der Waals surface area contributed by atoms with E-state index in [9.17, 15) is 9.59 Å². The molecule has 22 heavy (non-hydrogen) atoms. The average Bonchev–Trinajstić information content (AvgIpc) is 2.81. The van der Waals surface area contributed by atoms with Crippen molar-refractivity contribution >= 4 is 11.9 Å². The molecule has 1 aliphatic rings. The second-order valence-corrected chi connectivity index (χ2v) is 5.28. The molecular formula is C19H16O3. The second-order valence-electron chi connectivity index (χ2n) is 5.28. The van der Waals surface area contributed by atoms with Crippen LogP contribution in [0.1, 0.15) is 17.5 Å². The van der Waals surface area contributed by atoms with Gasteiger partial charge in [0.15, 0.2) is 0 Å². The fraction of sp³-hybridized carbons (Fsp3) is 0.158. The third kappa shape index (κ3) is 3.14. The van der Waals surface area contributed by atoms with Crippen molar-refractivity contribution in [2.24, 2.45) is 0 Å². The van der Waals surface area contributed by atoms with Crippen LogP contribution in [0.25, 0.3) is 0 Å². The zero-order valence-corrected chi connectivity index (χ0v) is 12.1. The Bertz CT molecular complexity index is 715. The number of cyclic esters (lactones) is 2. The van der Waals surface area contributed by atoms with Crippen LogP contribution < -0.4 is 0 Å². The van der Waals surface area contributed by atoms with Crippen LogP contribution in [0.3, 0.4) is 0 Å². The number of benzene rings is 2. The Morgan fingerprint density at radius 1 is 0.636 bits per heavy atom. The minimum atomic E-state index is -0.503. The third-order valence-electron chi connectivity index (χ3n) is 3.77. The summed E-state index contributed by atoms with van der Waals surface area (Å²) in [6.45, 7) is 0. The van der Waals surface area contributed by atoms with Gasteiger partial charge in [-0.05, 0) is 24.0 Å². The summed E-state index contributed by atoms with van der Waals surface area (Å²) in [4.78, 5) is 23.8. The summed E-state index contributed by atoms with van der Waals surface area (Å²) in [6.07, 6.45) is 1.68. The summed E-state index contributed by atoms with van der Waals surface area (Å²) in [5.74, 6) is -0.997. The summed E-state index contributed by atoms with van der Waals surface area (Å²) in [5.41, 5.74) is 3.15. The van der Waals surface area contributed by atoms with Crippen LogP contribution >= 0.6 is 0 Å². The smallest absolute Gasteiger partial charge is 0.342 e. The van der Waals surface area contributed by atoms with E-state index in [-0.39, 0.29) is 0 Å². The van der Waals surface area contributed by atoms with Crippen LogP contribution in [-0.4, -0.2) is 11.9 Å². The molecule has 0 radical (unpaired) electrons. The molecule has 3 rings (SSSR count). The molecule has 110 valence electrons.